The molecule has 0 saturated heterocycles. The molecule has 36 heavy (non-hydrogen) atoms. The zero-order valence-corrected chi connectivity index (χ0v) is 22.4. The predicted octanol–water partition coefficient (Wildman–Crippen LogP) is 6.55. The van der Waals surface area contributed by atoms with Gasteiger partial charge in [0.15, 0.2) is 0 Å². The fraction of sp³-hybridized carbons (Fsp3) is 0.133. The second-order valence-corrected chi connectivity index (χ2v) is 9.61. The fourth-order valence-corrected chi connectivity index (χ4v) is 5.31. The number of aromatic nitrogens is 2. The maximum atomic E-state index is 6.26. The minimum Gasteiger partial charge on any atom is -0.510 e. The van der Waals surface area contributed by atoms with Crippen LogP contribution in [0.2, 0.25) is 0 Å². The molecule has 0 aliphatic carbocycles. The third kappa shape index (κ3) is 3.30. The maximum absolute atomic E-state index is 6.26. The SMILES string of the molecule is CN1C=CN(c2[c-]c(Oc3[c-]c4c(cc3)c3cccc5c3n4-c3ncccc3C5(C)C)ccc2)[CH-]1.[Pt]. The van der Waals surface area contributed by atoms with Crippen molar-refractivity contribution in [3.05, 3.63) is 109 Å². The van der Waals surface area contributed by atoms with Gasteiger partial charge in [-0.1, -0.05) is 43.6 Å². The standard InChI is InChI=1S/C30H23N4O.Pt/c1-30(2)25-10-5-9-24-23-13-12-22(18-27(23)34(28(24)25)29-26(30)11-6-14-31-29)35-21-8-4-7-20(17-21)33-16-15-32(3)19-33;/h4-16,19H,1-3H3;/q-3;. The van der Waals surface area contributed by atoms with Gasteiger partial charge in [0.2, 0.25) is 0 Å². The molecule has 5 aromatic rings. The molecule has 2 aliphatic rings. The molecule has 0 bridgehead atoms. The number of para-hydroxylation sites is 1. The maximum Gasteiger partial charge on any atom is 0.139 e. The second kappa shape index (κ2) is 8.24. The quantitative estimate of drug-likeness (QED) is 0.208. The molecule has 182 valence electrons. The Balaban J connectivity index is 0.00000240. The Morgan fingerprint density at radius 2 is 1.67 bits per heavy atom. The third-order valence-corrected chi connectivity index (χ3v) is 7.04. The molecule has 7 rings (SSSR count). The first-order chi connectivity index (χ1) is 17.0. The van der Waals surface area contributed by atoms with Crippen LogP contribution in [0.3, 0.4) is 0 Å². The molecule has 0 N–H and O–H groups in total. The monoisotopic (exact) mass is 650 g/mol. The number of pyridine rings is 1. The van der Waals surface area contributed by atoms with Crippen LogP contribution in [0.4, 0.5) is 5.69 Å². The number of rotatable bonds is 3. The molecule has 5 nitrogen and oxygen atoms in total. The fourth-order valence-electron chi connectivity index (χ4n) is 5.31. The summed E-state index contributed by atoms with van der Waals surface area (Å²) in [6, 6.07) is 27.7. The van der Waals surface area contributed by atoms with Gasteiger partial charge in [0.1, 0.15) is 5.82 Å². The number of hydrogen-bond donors (Lipinski definition) is 0. The molecule has 0 atom stereocenters. The van der Waals surface area contributed by atoms with Gasteiger partial charge < -0.3 is 19.1 Å². The minimum absolute atomic E-state index is 0. The molecule has 2 aromatic heterocycles. The van der Waals surface area contributed by atoms with Crippen molar-refractivity contribution >= 4 is 27.5 Å². The summed E-state index contributed by atoms with van der Waals surface area (Å²) in [5, 5.41) is 2.35. The minimum atomic E-state index is -0.142. The van der Waals surface area contributed by atoms with E-state index < -0.39 is 0 Å². The van der Waals surface area contributed by atoms with Gasteiger partial charge in [0, 0.05) is 55.3 Å². The van der Waals surface area contributed by atoms with Crippen molar-refractivity contribution in [2.45, 2.75) is 19.3 Å². The molecule has 0 fully saturated rings. The van der Waals surface area contributed by atoms with Gasteiger partial charge in [-0.2, -0.15) is 18.8 Å². The Kier molecular flexibility index (Phi) is 5.24. The van der Waals surface area contributed by atoms with Crippen LogP contribution in [0.5, 0.6) is 11.5 Å². The summed E-state index contributed by atoms with van der Waals surface area (Å²) in [7, 11) is 1.99. The van der Waals surface area contributed by atoms with Crippen LogP contribution in [0.15, 0.2) is 79.3 Å². The number of nitrogens with zero attached hydrogens (tertiary/aromatic N) is 4. The Labute approximate surface area is 224 Å². The first kappa shape index (κ1) is 22.9. The topological polar surface area (TPSA) is 33.5 Å². The summed E-state index contributed by atoms with van der Waals surface area (Å²) in [4.78, 5) is 8.82. The van der Waals surface area contributed by atoms with Crippen LogP contribution >= 0.6 is 0 Å². The van der Waals surface area contributed by atoms with Crippen molar-refractivity contribution in [2.24, 2.45) is 0 Å². The van der Waals surface area contributed by atoms with Crippen LogP contribution in [0.1, 0.15) is 25.0 Å². The van der Waals surface area contributed by atoms with E-state index in [9.17, 15) is 0 Å². The molecule has 0 unspecified atom stereocenters. The van der Waals surface area contributed by atoms with Crippen molar-refractivity contribution in [2.75, 3.05) is 11.9 Å². The molecule has 0 spiro atoms. The smallest absolute Gasteiger partial charge is 0.139 e. The van der Waals surface area contributed by atoms with E-state index in [0.29, 0.717) is 11.5 Å². The van der Waals surface area contributed by atoms with Crippen LogP contribution in [0, 0.1) is 18.8 Å². The largest absolute Gasteiger partial charge is 0.510 e. The number of benzene rings is 3. The summed E-state index contributed by atoms with van der Waals surface area (Å²) < 4.78 is 8.51. The van der Waals surface area contributed by atoms with Crippen LogP contribution in [-0.4, -0.2) is 21.5 Å². The zero-order valence-electron chi connectivity index (χ0n) is 20.1. The van der Waals surface area contributed by atoms with E-state index in [0.717, 1.165) is 22.4 Å². The average Bonchev–Trinajstić information content (AvgIpc) is 3.44. The zero-order chi connectivity index (χ0) is 23.7. The molecule has 4 heterocycles. The van der Waals surface area contributed by atoms with E-state index in [1.807, 2.05) is 72.4 Å². The van der Waals surface area contributed by atoms with Gasteiger partial charge >= 0.3 is 0 Å². The molecule has 0 amide bonds. The van der Waals surface area contributed by atoms with Gasteiger partial charge in [-0.25, -0.2) is 4.98 Å². The van der Waals surface area contributed by atoms with E-state index in [1.54, 1.807) is 0 Å². The van der Waals surface area contributed by atoms with Gasteiger partial charge in [-0.3, -0.25) is 0 Å². The van der Waals surface area contributed by atoms with Crippen LogP contribution < -0.4 is 9.64 Å². The number of hydrogen-bond acceptors (Lipinski definition) is 4. The van der Waals surface area contributed by atoms with Crippen molar-refractivity contribution in [1.29, 1.82) is 0 Å². The summed E-state index contributed by atoms with van der Waals surface area (Å²) in [5.74, 6) is 2.25. The Morgan fingerprint density at radius 3 is 2.50 bits per heavy atom. The first-order valence-electron chi connectivity index (χ1n) is 11.7. The Bertz CT molecular complexity index is 1670. The molecule has 2 aliphatic heterocycles. The molecule has 0 radical (unpaired) electrons. The Hall–Kier alpha value is -3.56. The number of anilines is 1. The third-order valence-electron chi connectivity index (χ3n) is 7.04. The van der Waals surface area contributed by atoms with E-state index >= 15 is 0 Å². The number of fused-ring (bicyclic) bond motifs is 5. The molecular weight excluding hydrogens is 627 g/mol. The summed E-state index contributed by atoms with van der Waals surface area (Å²) in [6.45, 7) is 6.54. The van der Waals surface area contributed by atoms with Crippen molar-refractivity contribution in [1.82, 2.24) is 14.5 Å². The Morgan fingerprint density at radius 1 is 0.861 bits per heavy atom. The number of ether oxygens (including phenoxy) is 1. The molecular formula is C30H23N4OPt-3. The van der Waals surface area contributed by atoms with E-state index in [-0.39, 0.29) is 26.5 Å². The van der Waals surface area contributed by atoms with E-state index in [2.05, 4.69) is 60.9 Å². The van der Waals surface area contributed by atoms with E-state index in [1.165, 1.54) is 22.0 Å². The van der Waals surface area contributed by atoms with Gasteiger partial charge in [-0.15, -0.1) is 41.4 Å². The van der Waals surface area contributed by atoms with Crippen LogP contribution in [0.25, 0.3) is 27.6 Å². The van der Waals surface area contributed by atoms with Gasteiger partial charge in [0.25, 0.3) is 0 Å². The van der Waals surface area contributed by atoms with Gasteiger partial charge in [-0.05, 0) is 36.5 Å². The first-order valence-corrected chi connectivity index (χ1v) is 11.7. The summed E-state index contributed by atoms with van der Waals surface area (Å²) >= 11 is 0. The molecule has 3 aromatic carbocycles. The average molecular weight is 651 g/mol. The van der Waals surface area contributed by atoms with Crippen molar-refractivity contribution < 1.29 is 25.8 Å². The van der Waals surface area contributed by atoms with Crippen molar-refractivity contribution in [3.63, 3.8) is 0 Å². The van der Waals surface area contributed by atoms with E-state index in [4.69, 9.17) is 9.72 Å². The van der Waals surface area contributed by atoms with Gasteiger partial charge in [0.05, 0.1) is 0 Å². The second-order valence-electron chi connectivity index (χ2n) is 9.61. The normalized spacial score (nSPS) is 15.3. The van der Waals surface area contributed by atoms with Crippen LogP contribution in [-0.2, 0) is 26.5 Å². The summed E-state index contributed by atoms with van der Waals surface area (Å²) in [6.07, 6.45) is 5.85. The summed E-state index contributed by atoms with van der Waals surface area (Å²) in [5.41, 5.74) is 5.44. The van der Waals surface area contributed by atoms with Crippen molar-refractivity contribution in [3.8, 4) is 17.3 Å². The molecule has 0 saturated carbocycles. The predicted molar refractivity (Wildman–Crippen MR) is 139 cm³/mol. The molecule has 6 heteroatoms.